The molecular weight excluding hydrogens is 442 g/mol. The molecule has 9 heteroatoms. The summed E-state index contributed by atoms with van der Waals surface area (Å²) in [6.07, 6.45) is 1.63. The number of allylic oxidation sites excluding steroid dienone is 1. The first-order chi connectivity index (χ1) is 17.0. The van der Waals surface area contributed by atoms with Crippen LogP contribution in [0.25, 0.3) is 5.57 Å². The summed E-state index contributed by atoms with van der Waals surface area (Å²) in [6.45, 7) is 4.65. The van der Waals surface area contributed by atoms with E-state index < -0.39 is 0 Å². The van der Waals surface area contributed by atoms with Crippen molar-refractivity contribution in [3.63, 3.8) is 0 Å². The van der Waals surface area contributed by atoms with Crippen LogP contribution in [-0.2, 0) is 4.79 Å². The van der Waals surface area contributed by atoms with E-state index in [0.717, 1.165) is 11.4 Å². The van der Waals surface area contributed by atoms with Gasteiger partial charge in [-0.25, -0.2) is 9.97 Å². The molecule has 4 rings (SSSR count). The lowest BCUT2D eigenvalue weighted by Gasteiger charge is -2.19. The van der Waals surface area contributed by atoms with Crippen molar-refractivity contribution in [3.8, 4) is 6.07 Å². The van der Waals surface area contributed by atoms with Crippen LogP contribution in [-0.4, -0.2) is 34.9 Å². The van der Waals surface area contributed by atoms with Crippen molar-refractivity contribution in [2.75, 3.05) is 28.6 Å². The van der Waals surface area contributed by atoms with Gasteiger partial charge in [0, 0.05) is 31.3 Å². The van der Waals surface area contributed by atoms with Gasteiger partial charge in [0.1, 0.15) is 17.5 Å². The number of nitrogens with zero attached hydrogens (tertiary/aromatic N) is 4. The Hall–Kier alpha value is -4.71. The number of benzene rings is 2. The molecule has 0 aliphatic carbocycles. The van der Waals surface area contributed by atoms with Crippen LogP contribution in [0.5, 0.6) is 0 Å². The maximum Gasteiger partial charge on any atom is 0.251 e. The largest absolute Gasteiger partial charge is 0.352 e. The van der Waals surface area contributed by atoms with E-state index in [1.165, 1.54) is 0 Å². The molecule has 2 amide bonds. The lowest BCUT2D eigenvalue weighted by atomic mass is 10.1. The monoisotopic (exact) mass is 467 g/mol. The second-order valence-electron chi connectivity index (χ2n) is 7.87. The SMILES string of the molecule is CCN1/C(=C(\C#N)c2nc(NC(=O)CCNC(=O)c3ccccc3)ncc2C)Nc2ccccc21. The third kappa shape index (κ3) is 5.12. The smallest absolute Gasteiger partial charge is 0.251 e. The van der Waals surface area contributed by atoms with Crippen LogP contribution in [0.2, 0.25) is 0 Å². The quantitative estimate of drug-likeness (QED) is 0.453. The highest BCUT2D eigenvalue weighted by Crippen LogP contribution is 2.38. The van der Waals surface area contributed by atoms with Crippen molar-refractivity contribution in [1.29, 1.82) is 5.26 Å². The number of carbonyl (C=O) groups is 2. The van der Waals surface area contributed by atoms with Gasteiger partial charge in [0.15, 0.2) is 0 Å². The fraction of sp³-hybridized carbons (Fsp3) is 0.192. The summed E-state index contributed by atoms with van der Waals surface area (Å²) in [5, 5.41) is 18.7. The van der Waals surface area contributed by atoms with E-state index in [9.17, 15) is 14.9 Å². The summed E-state index contributed by atoms with van der Waals surface area (Å²) in [5.74, 6) is 0.139. The van der Waals surface area contributed by atoms with Crippen molar-refractivity contribution in [2.45, 2.75) is 20.3 Å². The Balaban J connectivity index is 1.48. The predicted octanol–water partition coefficient (Wildman–Crippen LogP) is 3.69. The molecule has 1 aliphatic heterocycles. The Labute approximate surface area is 203 Å². The Morgan fingerprint density at radius 3 is 2.60 bits per heavy atom. The molecule has 0 saturated carbocycles. The molecule has 1 aromatic heterocycles. The van der Waals surface area contributed by atoms with E-state index in [2.05, 4.69) is 32.0 Å². The van der Waals surface area contributed by atoms with Crippen LogP contribution >= 0.6 is 0 Å². The number of hydrogen-bond acceptors (Lipinski definition) is 7. The zero-order valence-electron chi connectivity index (χ0n) is 19.5. The average Bonchev–Trinajstić information content (AvgIpc) is 3.25. The van der Waals surface area contributed by atoms with E-state index in [0.29, 0.717) is 34.8 Å². The molecule has 0 atom stereocenters. The van der Waals surface area contributed by atoms with E-state index in [-0.39, 0.29) is 30.7 Å². The third-order valence-electron chi connectivity index (χ3n) is 5.52. The van der Waals surface area contributed by atoms with Gasteiger partial charge in [-0.05, 0) is 43.7 Å². The summed E-state index contributed by atoms with van der Waals surface area (Å²) < 4.78 is 0. The molecule has 9 nitrogen and oxygen atoms in total. The van der Waals surface area contributed by atoms with Crippen molar-refractivity contribution in [2.24, 2.45) is 0 Å². The molecule has 2 heterocycles. The molecular formula is C26H25N7O2. The van der Waals surface area contributed by atoms with E-state index in [4.69, 9.17) is 0 Å². The molecule has 176 valence electrons. The fourth-order valence-electron chi connectivity index (χ4n) is 3.80. The van der Waals surface area contributed by atoms with Gasteiger partial charge in [-0.1, -0.05) is 30.3 Å². The van der Waals surface area contributed by atoms with E-state index in [1.807, 2.05) is 49.1 Å². The van der Waals surface area contributed by atoms with Gasteiger partial charge in [-0.2, -0.15) is 5.26 Å². The van der Waals surface area contributed by atoms with Crippen LogP contribution in [0.3, 0.4) is 0 Å². The molecule has 0 saturated heterocycles. The molecule has 1 aliphatic rings. The molecule has 0 fully saturated rings. The van der Waals surface area contributed by atoms with Crippen molar-refractivity contribution in [3.05, 3.63) is 83.4 Å². The highest BCUT2D eigenvalue weighted by atomic mass is 16.2. The van der Waals surface area contributed by atoms with Gasteiger partial charge in [0.05, 0.1) is 17.1 Å². The van der Waals surface area contributed by atoms with E-state index in [1.54, 1.807) is 30.5 Å². The number of amides is 2. The lowest BCUT2D eigenvalue weighted by molar-refractivity contribution is -0.116. The number of aromatic nitrogens is 2. The fourth-order valence-corrected chi connectivity index (χ4v) is 3.80. The molecule has 35 heavy (non-hydrogen) atoms. The zero-order valence-corrected chi connectivity index (χ0v) is 19.5. The van der Waals surface area contributed by atoms with Gasteiger partial charge in [0.2, 0.25) is 11.9 Å². The number of carbonyl (C=O) groups excluding carboxylic acids is 2. The maximum atomic E-state index is 12.4. The topological polar surface area (TPSA) is 123 Å². The minimum absolute atomic E-state index is 0.0534. The van der Waals surface area contributed by atoms with Crippen LogP contribution < -0.4 is 20.9 Å². The molecule has 0 radical (unpaired) electrons. The van der Waals surface area contributed by atoms with Gasteiger partial charge < -0.3 is 15.5 Å². The minimum Gasteiger partial charge on any atom is -0.352 e. The van der Waals surface area contributed by atoms with Gasteiger partial charge in [0.25, 0.3) is 5.91 Å². The summed E-state index contributed by atoms with van der Waals surface area (Å²) in [4.78, 5) is 35.2. The maximum absolute atomic E-state index is 12.4. The van der Waals surface area contributed by atoms with Crippen molar-refractivity contribution < 1.29 is 9.59 Å². The average molecular weight is 468 g/mol. The lowest BCUT2D eigenvalue weighted by Crippen LogP contribution is -2.28. The minimum atomic E-state index is -0.346. The van der Waals surface area contributed by atoms with Gasteiger partial charge in [-0.3, -0.25) is 14.9 Å². The third-order valence-corrected chi connectivity index (χ3v) is 5.52. The summed E-state index contributed by atoms with van der Waals surface area (Å²) >= 11 is 0. The normalized spacial score (nSPS) is 13.3. The molecule has 0 bridgehead atoms. The van der Waals surface area contributed by atoms with Crippen molar-refractivity contribution >= 4 is 34.7 Å². The molecule has 3 aromatic rings. The predicted molar refractivity (Wildman–Crippen MR) is 134 cm³/mol. The number of fused-ring (bicyclic) bond motifs is 1. The Morgan fingerprint density at radius 2 is 1.86 bits per heavy atom. The van der Waals surface area contributed by atoms with Crippen LogP contribution in [0.4, 0.5) is 17.3 Å². The number of rotatable bonds is 7. The first kappa shape index (κ1) is 23.4. The number of nitriles is 1. The van der Waals surface area contributed by atoms with E-state index >= 15 is 0 Å². The highest BCUT2D eigenvalue weighted by Gasteiger charge is 2.27. The standard InChI is InChI=1S/C26H25N7O2/c1-3-33-21-12-8-7-11-20(21)30-24(33)19(15-27)23-17(2)16-29-26(32-23)31-22(34)13-14-28-25(35)18-9-5-4-6-10-18/h4-12,16,30H,3,13-14H2,1-2H3,(H,28,35)(H,29,31,32,34)/b24-19+. The Kier molecular flexibility index (Phi) is 7.02. The van der Waals surface area contributed by atoms with Gasteiger partial charge >= 0.3 is 0 Å². The summed E-state index contributed by atoms with van der Waals surface area (Å²) in [5.41, 5.74) is 3.92. The Bertz CT molecular complexity index is 1330. The molecule has 0 unspecified atom stereocenters. The highest BCUT2D eigenvalue weighted by molar-refractivity contribution is 5.95. The summed E-state index contributed by atoms with van der Waals surface area (Å²) in [6, 6.07) is 18.9. The second-order valence-corrected chi connectivity index (χ2v) is 7.87. The Morgan fingerprint density at radius 1 is 1.11 bits per heavy atom. The first-order valence-corrected chi connectivity index (χ1v) is 11.3. The number of para-hydroxylation sites is 2. The first-order valence-electron chi connectivity index (χ1n) is 11.3. The zero-order chi connectivity index (χ0) is 24.8. The van der Waals surface area contributed by atoms with Gasteiger partial charge in [-0.15, -0.1) is 0 Å². The molecule has 0 spiro atoms. The van der Waals surface area contributed by atoms with Crippen LogP contribution in [0.1, 0.15) is 35.0 Å². The van der Waals surface area contributed by atoms with Crippen molar-refractivity contribution in [1.82, 2.24) is 15.3 Å². The number of nitrogens with one attached hydrogen (secondary N) is 3. The number of hydrogen-bond donors (Lipinski definition) is 3. The van der Waals surface area contributed by atoms with Crippen LogP contribution in [0.15, 0.2) is 66.6 Å². The summed E-state index contributed by atoms with van der Waals surface area (Å²) in [7, 11) is 0. The van der Waals surface area contributed by atoms with Crippen LogP contribution in [0, 0.1) is 18.3 Å². The second kappa shape index (κ2) is 10.5. The molecule has 2 aromatic carbocycles. The number of anilines is 3. The number of aryl methyl sites for hydroxylation is 1. The molecule has 3 N–H and O–H groups in total.